The number of nitrogens with zero attached hydrogens (tertiary/aromatic N) is 4. The van der Waals surface area contributed by atoms with E-state index in [0.717, 1.165) is 47.7 Å². The molecule has 0 aliphatic heterocycles. The number of likely N-dealkylation sites (N-methyl/N-ethyl adjacent to an activating group) is 1. The molecular weight excluding hydrogens is 614 g/mol. The van der Waals surface area contributed by atoms with Crippen LogP contribution in [-0.4, -0.2) is 106 Å². The molecule has 13 heteroatoms. The monoisotopic (exact) mass is 669 g/mol. The van der Waals surface area contributed by atoms with Crippen molar-refractivity contribution in [3.63, 3.8) is 0 Å². The highest BCUT2D eigenvalue weighted by Crippen LogP contribution is 2.29. The first-order chi connectivity index (χ1) is 22.9. The zero-order valence-corrected chi connectivity index (χ0v) is 29.4. The molecule has 1 saturated carbocycles. The van der Waals surface area contributed by atoms with E-state index < -0.39 is 48.2 Å². The predicted octanol–water partition coefficient (Wildman–Crippen LogP) is 3.90. The number of benzene rings is 1. The number of hydrogen-bond donors (Lipinski definition) is 4. The summed E-state index contributed by atoms with van der Waals surface area (Å²) in [7, 11) is 5.69. The fourth-order valence-electron chi connectivity index (χ4n) is 6.09. The summed E-state index contributed by atoms with van der Waals surface area (Å²) in [6.45, 7) is 4.21. The molecule has 3 rings (SSSR count). The van der Waals surface area contributed by atoms with Crippen molar-refractivity contribution in [2.24, 2.45) is 11.8 Å². The minimum Gasteiger partial charge on any atom is -0.434 e. The molecule has 1 aliphatic rings. The number of rotatable bonds is 15. The van der Waals surface area contributed by atoms with E-state index in [0.29, 0.717) is 30.4 Å². The highest BCUT2D eigenvalue weighted by atomic mass is 16.6. The van der Waals surface area contributed by atoms with Crippen LogP contribution in [0.3, 0.4) is 0 Å². The minimum absolute atomic E-state index is 0.0439. The summed E-state index contributed by atoms with van der Waals surface area (Å²) < 4.78 is 5.73. The van der Waals surface area contributed by atoms with Crippen LogP contribution in [0.15, 0.2) is 42.9 Å². The molecule has 1 aliphatic carbocycles. The molecule has 266 valence electrons. The van der Waals surface area contributed by atoms with Crippen molar-refractivity contribution < 1.29 is 29.0 Å². The van der Waals surface area contributed by atoms with Crippen molar-refractivity contribution in [3.8, 4) is 0 Å². The van der Waals surface area contributed by atoms with Crippen LogP contribution in [-0.2, 0) is 27.2 Å². The zero-order chi connectivity index (χ0) is 35.2. The Morgan fingerprint density at radius 1 is 1.00 bits per heavy atom. The van der Waals surface area contributed by atoms with Crippen LogP contribution in [0.5, 0.6) is 0 Å². The van der Waals surface area contributed by atoms with Gasteiger partial charge in [0.15, 0.2) is 6.10 Å². The summed E-state index contributed by atoms with van der Waals surface area (Å²) in [5.74, 6) is -0.203. The van der Waals surface area contributed by atoms with Crippen molar-refractivity contribution in [1.82, 2.24) is 35.5 Å². The van der Waals surface area contributed by atoms with E-state index in [4.69, 9.17) is 4.74 Å². The number of aliphatic hydroxyl groups excluding tert-OH is 1. The average Bonchev–Trinajstić information content (AvgIpc) is 3.61. The Balaban J connectivity index is 1.89. The van der Waals surface area contributed by atoms with E-state index in [1.54, 1.807) is 6.20 Å². The lowest BCUT2D eigenvalue weighted by Crippen LogP contribution is -2.56. The number of hydrogen-bond acceptors (Lipinski definition) is 7. The number of nitrogens with one attached hydrogen (secondary N) is 3. The Morgan fingerprint density at radius 2 is 1.69 bits per heavy atom. The second kappa shape index (κ2) is 19.0. The number of aliphatic hydroxyl groups is 1. The van der Waals surface area contributed by atoms with E-state index >= 15 is 0 Å². The van der Waals surface area contributed by atoms with E-state index in [1.165, 1.54) is 45.8 Å². The van der Waals surface area contributed by atoms with Crippen molar-refractivity contribution in [1.29, 1.82) is 0 Å². The lowest BCUT2D eigenvalue weighted by atomic mass is 9.83. The molecule has 0 bridgehead atoms. The molecule has 0 spiro atoms. The van der Waals surface area contributed by atoms with Gasteiger partial charge in [-0.05, 0) is 36.7 Å². The predicted molar refractivity (Wildman–Crippen MR) is 182 cm³/mol. The van der Waals surface area contributed by atoms with Crippen LogP contribution < -0.4 is 10.6 Å². The van der Waals surface area contributed by atoms with Gasteiger partial charge in [-0.25, -0.2) is 24.6 Å². The maximum atomic E-state index is 14.2. The van der Waals surface area contributed by atoms with Gasteiger partial charge in [0.25, 0.3) is 5.91 Å². The maximum absolute atomic E-state index is 14.2. The molecule has 13 nitrogen and oxygen atoms in total. The number of amides is 5. The molecule has 4 N–H and O–H groups in total. The molecule has 0 saturated heterocycles. The molecule has 1 aromatic heterocycles. The van der Waals surface area contributed by atoms with Crippen LogP contribution in [0.1, 0.15) is 76.5 Å². The smallest absolute Gasteiger partial charge is 0.429 e. The summed E-state index contributed by atoms with van der Waals surface area (Å²) in [4.78, 5) is 62.3. The third-order valence-corrected chi connectivity index (χ3v) is 9.22. The number of ether oxygens (including phenoxy) is 1. The third-order valence-electron chi connectivity index (χ3n) is 9.22. The largest absolute Gasteiger partial charge is 0.434 e. The molecule has 0 radical (unpaired) electrons. The van der Waals surface area contributed by atoms with Crippen LogP contribution in [0.4, 0.5) is 9.59 Å². The molecule has 1 heterocycles. The van der Waals surface area contributed by atoms with Crippen LogP contribution >= 0.6 is 0 Å². The van der Waals surface area contributed by atoms with Crippen molar-refractivity contribution in [3.05, 3.63) is 54.1 Å². The second-order valence-corrected chi connectivity index (χ2v) is 13.3. The molecular formula is C35H55N7O6. The SMILES string of the molecule is CNC(=O)N(C)N(C)C(=O)O[C@@H](Cc1ccccc1)C(=O)N(C)[C@@H](Cc1c[nH]cn1)C(=O)N[C@@H](CC1CCCCC1)[C@@H](O)CCC(C)C. The quantitative estimate of drug-likeness (QED) is 0.209. The van der Waals surface area contributed by atoms with Crippen molar-refractivity contribution in [2.75, 3.05) is 28.2 Å². The molecule has 4 atom stereocenters. The standard InChI is InChI=1S/C35H55N7O6/c1-24(2)17-18-30(43)28(19-25-13-9-7-10-14-25)39-32(44)29(21-27-22-37-23-38-27)40(4)33(45)31(20-26-15-11-8-12-16-26)48-35(47)42(6)41(5)34(46)36-3/h8,11-12,15-16,22-25,28-31,43H,7,9-10,13-14,17-21H2,1-6H3,(H,36,46)(H,37,38)(H,39,44)/t28-,29-,30-,31-/m0/s1. The maximum Gasteiger partial charge on any atom is 0.429 e. The lowest BCUT2D eigenvalue weighted by Gasteiger charge is -2.35. The lowest BCUT2D eigenvalue weighted by molar-refractivity contribution is -0.147. The van der Waals surface area contributed by atoms with Gasteiger partial charge in [-0.3, -0.25) is 9.59 Å². The summed E-state index contributed by atoms with van der Waals surface area (Å²) in [5.41, 5.74) is 1.32. The van der Waals surface area contributed by atoms with E-state index in [9.17, 15) is 24.3 Å². The first-order valence-corrected chi connectivity index (χ1v) is 17.1. The Labute approximate surface area is 284 Å². The van der Waals surface area contributed by atoms with Gasteiger partial charge in [0.05, 0.1) is 24.2 Å². The summed E-state index contributed by atoms with van der Waals surface area (Å²) in [5, 5.41) is 18.9. The van der Waals surface area contributed by atoms with Crippen LogP contribution in [0.2, 0.25) is 0 Å². The van der Waals surface area contributed by atoms with Gasteiger partial charge in [-0.15, -0.1) is 0 Å². The van der Waals surface area contributed by atoms with Gasteiger partial charge in [-0.1, -0.05) is 76.3 Å². The van der Waals surface area contributed by atoms with Gasteiger partial charge in [-0.2, -0.15) is 0 Å². The fraction of sp³-hybridized carbons (Fsp3) is 0.629. The number of hydrazine groups is 1. The fourth-order valence-corrected chi connectivity index (χ4v) is 6.09. The Hall–Kier alpha value is -4.13. The topological polar surface area (TPSA) is 160 Å². The summed E-state index contributed by atoms with van der Waals surface area (Å²) >= 11 is 0. The number of aromatic nitrogens is 2. The highest BCUT2D eigenvalue weighted by Gasteiger charge is 2.37. The van der Waals surface area contributed by atoms with Crippen LogP contribution in [0, 0.1) is 11.8 Å². The van der Waals surface area contributed by atoms with Gasteiger partial charge in [0.2, 0.25) is 5.91 Å². The number of urea groups is 1. The summed E-state index contributed by atoms with van der Waals surface area (Å²) in [6, 6.07) is 7.07. The number of imidazole rings is 1. The minimum atomic E-state index is -1.31. The normalized spacial score (nSPS) is 15.9. The van der Waals surface area contributed by atoms with Gasteiger partial charge < -0.3 is 30.4 Å². The first kappa shape index (κ1) is 38.3. The Kier molecular flexibility index (Phi) is 15.2. The highest BCUT2D eigenvalue weighted by molar-refractivity contribution is 5.90. The van der Waals surface area contributed by atoms with Crippen molar-refractivity contribution >= 4 is 23.9 Å². The van der Waals surface area contributed by atoms with Gasteiger partial charge >= 0.3 is 12.1 Å². The zero-order valence-electron chi connectivity index (χ0n) is 29.4. The Morgan fingerprint density at radius 3 is 2.29 bits per heavy atom. The Bertz CT molecular complexity index is 1290. The average molecular weight is 670 g/mol. The van der Waals surface area contributed by atoms with E-state index in [-0.39, 0.29) is 12.8 Å². The number of carbonyl (C=O) groups is 4. The molecule has 48 heavy (non-hydrogen) atoms. The number of aromatic amines is 1. The molecule has 2 aromatic rings. The molecule has 1 aromatic carbocycles. The number of carbonyl (C=O) groups excluding carboxylic acids is 4. The second-order valence-electron chi connectivity index (χ2n) is 13.3. The van der Waals surface area contributed by atoms with E-state index in [2.05, 4.69) is 34.4 Å². The van der Waals surface area contributed by atoms with Crippen LogP contribution in [0.25, 0.3) is 0 Å². The van der Waals surface area contributed by atoms with Crippen molar-refractivity contribution in [2.45, 2.75) is 102 Å². The molecule has 0 unspecified atom stereocenters. The summed E-state index contributed by atoms with van der Waals surface area (Å²) in [6.07, 6.45) is 8.01. The molecule has 1 fully saturated rings. The van der Waals surface area contributed by atoms with Gasteiger partial charge in [0, 0.05) is 47.2 Å². The van der Waals surface area contributed by atoms with E-state index in [1.807, 2.05) is 30.3 Å². The van der Waals surface area contributed by atoms with Gasteiger partial charge in [0.1, 0.15) is 6.04 Å². The third kappa shape index (κ3) is 11.5. The number of H-pyrrole nitrogens is 1. The molecule has 5 amide bonds. The first-order valence-electron chi connectivity index (χ1n) is 17.1.